The summed E-state index contributed by atoms with van der Waals surface area (Å²) in [5, 5.41) is 4.02. The summed E-state index contributed by atoms with van der Waals surface area (Å²) in [6.45, 7) is 2.34. The molecule has 0 unspecified atom stereocenters. The molecule has 25 heavy (non-hydrogen) atoms. The molecule has 0 aliphatic heterocycles. The zero-order valence-corrected chi connectivity index (χ0v) is 15.6. The molecule has 1 N–H and O–H groups in total. The molecule has 0 amide bonds. The van der Waals surface area contributed by atoms with Gasteiger partial charge >= 0.3 is 0 Å². The van der Waals surface area contributed by atoms with Crippen molar-refractivity contribution in [3.63, 3.8) is 0 Å². The Morgan fingerprint density at radius 1 is 0.840 bits per heavy atom. The van der Waals surface area contributed by atoms with Crippen LogP contribution in [0.25, 0.3) is 0 Å². The summed E-state index contributed by atoms with van der Waals surface area (Å²) in [6.07, 6.45) is 0. The summed E-state index contributed by atoms with van der Waals surface area (Å²) in [5.74, 6) is 2.13. The molecule has 2 aromatic rings. The maximum atomic E-state index is 6.32. The van der Waals surface area contributed by atoms with Crippen LogP contribution >= 0.6 is 11.6 Å². The third-order valence-corrected chi connectivity index (χ3v) is 4.05. The zero-order chi connectivity index (χ0) is 18.1. The number of halogens is 1. The van der Waals surface area contributed by atoms with Gasteiger partial charge in [0.1, 0.15) is 12.4 Å². The van der Waals surface area contributed by atoms with Crippen molar-refractivity contribution in [3.8, 4) is 17.2 Å². The summed E-state index contributed by atoms with van der Waals surface area (Å²) < 4.78 is 21.3. The Hall–Kier alpha value is -1.95. The van der Waals surface area contributed by atoms with Crippen molar-refractivity contribution in [3.05, 3.63) is 52.5 Å². The van der Waals surface area contributed by atoms with E-state index in [4.69, 9.17) is 30.5 Å². The van der Waals surface area contributed by atoms with Crippen molar-refractivity contribution >= 4 is 11.6 Å². The van der Waals surface area contributed by atoms with Crippen molar-refractivity contribution in [2.75, 3.05) is 34.5 Å². The number of hydrogen-bond acceptors (Lipinski definition) is 5. The summed E-state index contributed by atoms with van der Waals surface area (Å²) in [4.78, 5) is 0. The standard InChI is InChI=1S/C19H24ClNO4/c1-22-8-9-25-17-7-5-4-6-14(17)12-21-13-15-10-18(23-2)19(24-3)11-16(15)20/h4-7,10-11,21H,8-9,12-13H2,1-3H3. The van der Waals surface area contributed by atoms with Gasteiger partial charge in [0.2, 0.25) is 0 Å². The normalized spacial score (nSPS) is 10.6. The molecule has 5 nitrogen and oxygen atoms in total. The van der Waals surface area contributed by atoms with Gasteiger partial charge in [-0.25, -0.2) is 0 Å². The second-order valence-electron chi connectivity index (χ2n) is 5.35. The zero-order valence-electron chi connectivity index (χ0n) is 14.8. The van der Waals surface area contributed by atoms with E-state index in [1.165, 1.54) is 0 Å². The number of nitrogens with one attached hydrogen (secondary N) is 1. The fourth-order valence-corrected chi connectivity index (χ4v) is 2.61. The van der Waals surface area contributed by atoms with Gasteiger partial charge in [0.25, 0.3) is 0 Å². The molecule has 0 atom stereocenters. The Balaban J connectivity index is 1.99. The Kier molecular flexibility index (Phi) is 7.85. The highest BCUT2D eigenvalue weighted by Gasteiger charge is 2.10. The van der Waals surface area contributed by atoms with Crippen LogP contribution in [0.15, 0.2) is 36.4 Å². The molecule has 0 bridgehead atoms. The van der Waals surface area contributed by atoms with Crippen LogP contribution in [0.3, 0.4) is 0 Å². The van der Waals surface area contributed by atoms with Gasteiger partial charge in [-0.2, -0.15) is 0 Å². The summed E-state index contributed by atoms with van der Waals surface area (Å²) in [6, 6.07) is 11.6. The molecular formula is C19H24ClNO4. The quantitative estimate of drug-likeness (QED) is 0.651. The van der Waals surface area contributed by atoms with Crippen LogP contribution in [0, 0.1) is 0 Å². The monoisotopic (exact) mass is 365 g/mol. The average Bonchev–Trinajstić information content (AvgIpc) is 2.64. The second-order valence-corrected chi connectivity index (χ2v) is 5.76. The molecule has 0 radical (unpaired) electrons. The molecule has 0 saturated carbocycles. The topological polar surface area (TPSA) is 49.0 Å². The summed E-state index contributed by atoms with van der Waals surface area (Å²) in [7, 11) is 4.85. The Labute approximate surface area is 153 Å². The van der Waals surface area contributed by atoms with Crippen molar-refractivity contribution in [2.45, 2.75) is 13.1 Å². The SMILES string of the molecule is COCCOc1ccccc1CNCc1cc(OC)c(OC)cc1Cl. The van der Waals surface area contributed by atoms with Crippen LogP contribution in [-0.4, -0.2) is 34.5 Å². The highest BCUT2D eigenvalue weighted by atomic mass is 35.5. The second kappa shape index (κ2) is 10.1. The van der Waals surface area contributed by atoms with E-state index in [1.54, 1.807) is 27.4 Å². The first-order valence-corrected chi connectivity index (χ1v) is 8.38. The van der Waals surface area contributed by atoms with Crippen molar-refractivity contribution in [1.82, 2.24) is 5.32 Å². The molecule has 2 rings (SSSR count). The van der Waals surface area contributed by atoms with E-state index >= 15 is 0 Å². The maximum Gasteiger partial charge on any atom is 0.162 e. The molecule has 6 heteroatoms. The maximum absolute atomic E-state index is 6.32. The molecule has 0 aliphatic carbocycles. The van der Waals surface area contributed by atoms with E-state index in [0.717, 1.165) is 16.9 Å². The Morgan fingerprint density at radius 3 is 2.24 bits per heavy atom. The van der Waals surface area contributed by atoms with Crippen LogP contribution < -0.4 is 19.5 Å². The van der Waals surface area contributed by atoms with Crippen molar-refractivity contribution in [2.24, 2.45) is 0 Å². The first kappa shape index (κ1) is 19.4. The van der Waals surface area contributed by atoms with Gasteiger partial charge in [-0.15, -0.1) is 0 Å². The predicted octanol–water partition coefficient (Wildman–Crippen LogP) is 3.67. The minimum Gasteiger partial charge on any atom is -0.493 e. The van der Waals surface area contributed by atoms with E-state index in [2.05, 4.69) is 5.32 Å². The van der Waals surface area contributed by atoms with E-state index in [9.17, 15) is 0 Å². The number of rotatable bonds is 10. The summed E-state index contributed by atoms with van der Waals surface area (Å²) in [5.41, 5.74) is 2.02. The lowest BCUT2D eigenvalue weighted by Crippen LogP contribution is -2.15. The number of hydrogen-bond donors (Lipinski definition) is 1. The minimum atomic E-state index is 0.523. The number of ether oxygens (including phenoxy) is 4. The third-order valence-electron chi connectivity index (χ3n) is 3.70. The van der Waals surface area contributed by atoms with E-state index in [-0.39, 0.29) is 0 Å². The average molecular weight is 366 g/mol. The van der Waals surface area contributed by atoms with Crippen LogP contribution in [0.2, 0.25) is 5.02 Å². The van der Waals surface area contributed by atoms with E-state index < -0.39 is 0 Å². The van der Waals surface area contributed by atoms with Gasteiger partial charge in [-0.1, -0.05) is 29.8 Å². The number of benzene rings is 2. The van der Waals surface area contributed by atoms with Crippen LogP contribution in [0.4, 0.5) is 0 Å². The Morgan fingerprint density at radius 2 is 1.52 bits per heavy atom. The molecule has 0 aliphatic rings. The highest BCUT2D eigenvalue weighted by molar-refractivity contribution is 6.31. The minimum absolute atomic E-state index is 0.523. The van der Waals surface area contributed by atoms with Gasteiger partial charge in [0, 0.05) is 36.9 Å². The molecule has 136 valence electrons. The Bertz CT molecular complexity index is 678. The number of methoxy groups -OCH3 is 3. The fourth-order valence-electron chi connectivity index (χ4n) is 2.39. The predicted molar refractivity (Wildman–Crippen MR) is 98.9 cm³/mol. The number of para-hydroxylation sites is 1. The van der Waals surface area contributed by atoms with Gasteiger partial charge < -0.3 is 24.3 Å². The molecule has 0 spiro atoms. The van der Waals surface area contributed by atoms with Gasteiger partial charge in [-0.05, 0) is 17.7 Å². The van der Waals surface area contributed by atoms with Crippen molar-refractivity contribution in [1.29, 1.82) is 0 Å². The third kappa shape index (κ3) is 5.53. The van der Waals surface area contributed by atoms with Crippen LogP contribution in [-0.2, 0) is 17.8 Å². The lowest BCUT2D eigenvalue weighted by Gasteiger charge is -2.14. The van der Waals surface area contributed by atoms with Gasteiger partial charge in [-0.3, -0.25) is 0 Å². The molecule has 0 saturated heterocycles. The first-order chi connectivity index (χ1) is 12.2. The molecular weight excluding hydrogens is 342 g/mol. The summed E-state index contributed by atoms with van der Waals surface area (Å²) >= 11 is 6.32. The molecule has 2 aromatic carbocycles. The van der Waals surface area contributed by atoms with E-state index in [0.29, 0.717) is 42.8 Å². The lowest BCUT2D eigenvalue weighted by atomic mass is 10.1. The lowest BCUT2D eigenvalue weighted by molar-refractivity contribution is 0.145. The largest absolute Gasteiger partial charge is 0.493 e. The van der Waals surface area contributed by atoms with E-state index in [1.807, 2.05) is 30.3 Å². The fraction of sp³-hybridized carbons (Fsp3) is 0.368. The highest BCUT2D eigenvalue weighted by Crippen LogP contribution is 2.33. The molecule has 0 fully saturated rings. The van der Waals surface area contributed by atoms with Crippen LogP contribution in [0.5, 0.6) is 17.2 Å². The first-order valence-electron chi connectivity index (χ1n) is 8.00. The van der Waals surface area contributed by atoms with Crippen molar-refractivity contribution < 1.29 is 18.9 Å². The van der Waals surface area contributed by atoms with Gasteiger partial charge in [0.15, 0.2) is 11.5 Å². The molecule has 0 aromatic heterocycles. The van der Waals surface area contributed by atoms with Gasteiger partial charge in [0.05, 0.1) is 20.8 Å². The molecule has 0 heterocycles. The smallest absolute Gasteiger partial charge is 0.162 e. The van der Waals surface area contributed by atoms with Crippen LogP contribution in [0.1, 0.15) is 11.1 Å².